The van der Waals surface area contributed by atoms with Gasteiger partial charge in [0.05, 0.1) is 0 Å². The molecule has 1 aromatic carbocycles. The molecule has 1 N–H and O–H groups in total. The quantitative estimate of drug-likeness (QED) is 0.746. The molecule has 4 heteroatoms. The van der Waals surface area contributed by atoms with Crippen molar-refractivity contribution in [1.29, 1.82) is 0 Å². The molecule has 0 saturated carbocycles. The third-order valence-electron chi connectivity index (χ3n) is 3.96. The molecule has 2 rings (SSSR count). The van der Waals surface area contributed by atoms with Crippen LogP contribution in [0.3, 0.4) is 0 Å². The minimum atomic E-state index is 0.408. The van der Waals surface area contributed by atoms with Gasteiger partial charge in [0.15, 0.2) is 0 Å². The van der Waals surface area contributed by atoms with Crippen molar-refractivity contribution in [2.75, 3.05) is 19.8 Å². The van der Waals surface area contributed by atoms with Crippen LogP contribution in [0, 0.1) is 12.8 Å². The fraction of sp³-hybridized carbons (Fsp3) is 0.625. The normalized spacial score (nSPS) is 18.2. The van der Waals surface area contributed by atoms with Crippen LogP contribution in [0.5, 0.6) is 0 Å². The van der Waals surface area contributed by atoms with E-state index >= 15 is 0 Å². The first-order chi connectivity index (χ1) is 9.63. The van der Waals surface area contributed by atoms with Crippen LogP contribution in [-0.2, 0) is 4.74 Å². The largest absolute Gasteiger partial charge is 0.381 e. The fourth-order valence-corrected chi connectivity index (χ4v) is 3.85. The number of aryl methyl sites for hydroxylation is 1. The Bertz CT molecular complexity index is 444. The fourth-order valence-electron chi connectivity index (χ4n) is 2.78. The van der Waals surface area contributed by atoms with Gasteiger partial charge in [0, 0.05) is 28.2 Å². The summed E-state index contributed by atoms with van der Waals surface area (Å²) in [4.78, 5) is 0. The Hall–Kier alpha value is 0.1000. The van der Waals surface area contributed by atoms with E-state index in [1.165, 1.54) is 20.1 Å². The zero-order valence-corrected chi connectivity index (χ0v) is 15.4. The van der Waals surface area contributed by atoms with Gasteiger partial charge in [-0.2, -0.15) is 0 Å². The van der Waals surface area contributed by atoms with E-state index in [4.69, 9.17) is 4.74 Å². The average molecular weight is 405 g/mol. The molecular weight excluding hydrogens is 382 g/mol. The highest BCUT2D eigenvalue weighted by Gasteiger charge is 2.26. The topological polar surface area (TPSA) is 21.3 Å². The summed E-state index contributed by atoms with van der Waals surface area (Å²) in [7, 11) is 0. The van der Waals surface area contributed by atoms with Gasteiger partial charge in [-0.3, -0.25) is 0 Å². The lowest BCUT2D eigenvalue weighted by Crippen LogP contribution is -2.33. The van der Waals surface area contributed by atoms with Crippen LogP contribution in [0.4, 0.5) is 0 Å². The van der Waals surface area contributed by atoms with Crippen molar-refractivity contribution < 1.29 is 4.74 Å². The van der Waals surface area contributed by atoms with Crippen LogP contribution in [0.15, 0.2) is 21.1 Å². The second-order valence-electron chi connectivity index (χ2n) is 5.50. The van der Waals surface area contributed by atoms with E-state index in [2.05, 4.69) is 63.2 Å². The highest BCUT2D eigenvalue weighted by atomic mass is 79.9. The third kappa shape index (κ3) is 4.06. The van der Waals surface area contributed by atoms with Crippen molar-refractivity contribution in [3.8, 4) is 0 Å². The molecule has 1 aliphatic heterocycles. The minimum Gasteiger partial charge on any atom is -0.381 e. The van der Waals surface area contributed by atoms with Gasteiger partial charge in [-0.15, -0.1) is 0 Å². The summed E-state index contributed by atoms with van der Waals surface area (Å²) in [6, 6.07) is 4.88. The number of nitrogens with one attached hydrogen (secondary N) is 1. The Morgan fingerprint density at radius 2 is 1.95 bits per heavy atom. The molecule has 1 fully saturated rings. The van der Waals surface area contributed by atoms with Crippen LogP contribution < -0.4 is 5.32 Å². The second kappa shape index (κ2) is 7.92. The minimum absolute atomic E-state index is 0.408. The molecule has 0 bridgehead atoms. The van der Waals surface area contributed by atoms with E-state index in [0.717, 1.165) is 39.0 Å². The average Bonchev–Trinajstić information content (AvgIpc) is 2.45. The maximum Gasteiger partial charge on any atom is 0.0469 e. The number of benzene rings is 1. The molecule has 20 heavy (non-hydrogen) atoms. The van der Waals surface area contributed by atoms with Crippen LogP contribution in [0.2, 0.25) is 0 Å². The Morgan fingerprint density at radius 1 is 1.25 bits per heavy atom. The Morgan fingerprint density at radius 3 is 2.60 bits per heavy atom. The number of hydrogen-bond acceptors (Lipinski definition) is 2. The van der Waals surface area contributed by atoms with E-state index in [0.29, 0.717) is 12.0 Å². The van der Waals surface area contributed by atoms with Crippen molar-refractivity contribution in [1.82, 2.24) is 5.32 Å². The molecule has 0 radical (unpaired) electrons. The Labute approximate surface area is 138 Å². The molecule has 2 nitrogen and oxygen atoms in total. The summed E-state index contributed by atoms with van der Waals surface area (Å²) < 4.78 is 7.91. The number of halogens is 2. The lowest BCUT2D eigenvalue weighted by molar-refractivity contribution is 0.0535. The molecule has 1 atom stereocenters. The SMILES string of the molecule is CCCNC(c1cc(Br)c(C)cc1Br)C1CCOCC1. The number of rotatable bonds is 5. The monoisotopic (exact) mass is 403 g/mol. The van der Waals surface area contributed by atoms with Gasteiger partial charge >= 0.3 is 0 Å². The predicted molar refractivity (Wildman–Crippen MR) is 91.2 cm³/mol. The number of hydrogen-bond donors (Lipinski definition) is 1. The van der Waals surface area contributed by atoms with Gasteiger partial charge in [0.1, 0.15) is 0 Å². The maximum absolute atomic E-state index is 5.51. The zero-order chi connectivity index (χ0) is 14.5. The second-order valence-corrected chi connectivity index (χ2v) is 7.21. The first kappa shape index (κ1) is 16.5. The number of ether oxygens (including phenoxy) is 1. The molecule has 0 aromatic heterocycles. The predicted octanol–water partition coefficient (Wildman–Crippen LogP) is 4.99. The first-order valence-corrected chi connectivity index (χ1v) is 8.98. The van der Waals surface area contributed by atoms with Crippen molar-refractivity contribution in [3.05, 3.63) is 32.2 Å². The smallest absolute Gasteiger partial charge is 0.0469 e. The van der Waals surface area contributed by atoms with Gasteiger partial charge < -0.3 is 10.1 Å². The Balaban J connectivity index is 2.27. The summed E-state index contributed by atoms with van der Waals surface area (Å²) in [5, 5.41) is 3.74. The van der Waals surface area contributed by atoms with Gasteiger partial charge in [0.25, 0.3) is 0 Å². The maximum atomic E-state index is 5.51. The summed E-state index contributed by atoms with van der Waals surface area (Å²) in [5.41, 5.74) is 2.63. The molecule has 1 heterocycles. The summed E-state index contributed by atoms with van der Waals surface area (Å²) in [6.07, 6.45) is 3.43. The molecule has 1 aromatic rings. The van der Waals surface area contributed by atoms with Crippen molar-refractivity contribution in [3.63, 3.8) is 0 Å². The molecule has 112 valence electrons. The molecule has 0 aliphatic carbocycles. The standard InChI is InChI=1S/C16H23Br2NO/c1-3-6-19-16(12-4-7-20-8-5-12)13-10-14(17)11(2)9-15(13)18/h9-10,12,16,19H,3-8H2,1-2H3. The van der Waals surface area contributed by atoms with Crippen molar-refractivity contribution in [2.24, 2.45) is 5.92 Å². The molecule has 1 unspecified atom stereocenters. The summed E-state index contributed by atoms with van der Waals surface area (Å²) >= 11 is 7.42. The Kier molecular flexibility index (Phi) is 6.53. The van der Waals surface area contributed by atoms with Crippen LogP contribution in [0.1, 0.15) is 43.4 Å². The summed E-state index contributed by atoms with van der Waals surface area (Å²) in [5.74, 6) is 0.654. The van der Waals surface area contributed by atoms with Crippen molar-refractivity contribution >= 4 is 31.9 Å². The highest BCUT2D eigenvalue weighted by Crippen LogP contribution is 2.36. The van der Waals surface area contributed by atoms with Gasteiger partial charge in [-0.05, 0) is 61.9 Å². The molecule has 1 saturated heterocycles. The van der Waals surface area contributed by atoms with Crippen LogP contribution in [-0.4, -0.2) is 19.8 Å². The lowest BCUT2D eigenvalue weighted by Gasteiger charge is -2.32. The first-order valence-electron chi connectivity index (χ1n) is 7.40. The van der Waals surface area contributed by atoms with Gasteiger partial charge in [0.2, 0.25) is 0 Å². The van der Waals surface area contributed by atoms with Gasteiger partial charge in [-0.25, -0.2) is 0 Å². The van der Waals surface area contributed by atoms with Gasteiger partial charge in [-0.1, -0.05) is 38.8 Å². The van der Waals surface area contributed by atoms with Crippen LogP contribution in [0.25, 0.3) is 0 Å². The van der Waals surface area contributed by atoms with E-state index in [-0.39, 0.29) is 0 Å². The lowest BCUT2D eigenvalue weighted by atomic mass is 9.86. The highest BCUT2D eigenvalue weighted by molar-refractivity contribution is 9.11. The molecular formula is C16H23Br2NO. The van der Waals surface area contributed by atoms with Crippen molar-refractivity contribution in [2.45, 2.75) is 39.2 Å². The van der Waals surface area contributed by atoms with E-state index < -0.39 is 0 Å². The van der Waals surface area contributed by atoms with E-state index in [9.17, 15) is 0 Å². The zero-order valence-electron chi connectivity index (χ0n) is 12.2. The molecule has 0 spiro atoms. The van der Waals surface area contributed by atoms with E-state index in [1.807, 2.05) is 0 Å². The van der Waals surface area contributed by atoms with Crippen LogP contribution >= 0.6 is 31.9 Å². The summed E-state index contributed by atoms with van der Waals surface area (Å²) in [6.45, 7) is 7.18. The third-order valence-corrected chi connectivity index (χ3v) is 5.51. The van der Waals surface area contributed by atoms with E-state index in [1.54, 1.807) is 0 Å². The molecule has 1 aliphatic rings. The molecule has 0 amide bonds.